The minimum absolute atomic E-state index is 0.346. The predicted octanol–water partition coefficient (Wildman–Crippen LogP) is 1.07. The summed E-state index contributed by atoms with van der Waals surface area (Å²) >= 11 is 5.66. The average Bonchev–Trinajstić information content (AvgIpc) is 2.44. The topological polar surface area (TPSA) is 67.6 Å². The van der Waals surface area contributed by atoms with E-state index < -0.39 is 0 Å². The summed E-state index contributed by atoms with van der Waals surface area (Å²) < 4.78 is 0. The first-order chi connectivity index (χ1) is 5.81. The third-order valence-corrected chi connectivity index (χ3v) is 1.85. The van der Waals surface area contributed by atoms with E-state index >= 15 is 0 Å². The van der Waals surface area contributed by atoms with E-state index in [2.05, 4.69) is 15.0 Å². The molecule has 0 aliphatic rings. The lowest BCUT2D eigenvalue weighted by Crippen LogP contribution is -1.97. The van der Waals surface area contributed by atoms with Crippen molar-refractivity contribution >= 4 is 22.8 Å². The maximum absolute atomic E-state index is 5.66. The van der Waals surface area contributed by atoms with E-state index in [1.165, 1.54) is 0 Å². The van der Waals surface area contributed by atoms with E-state index in [1.54, 1.807) is 6.20 Å². The molecule has 0 unspecified atom stereocenters. The molecule has 0 atom stereocenters. The Hall–Kier alpha value is -1.13. The second kappa shape index (κ2) is 2.73. The van der Waals surface area contributed by atoms with Crippen molar-refractivity contribution in [3.63, 3.8) is 0 Å². The summed E-state index contributed by atoms with van der Waals surface area (Å²) in [7, 11) is 0. The van der Waals surface area contributed by atoms with Crippen LogP contribution in [0.5, 0.6) is 0 Å². The van der Waals surface area contributed by atoms with Gasteiger partial charge in [-0.2, -0.15) is 4.98 Å². The van der Waals surface area contributed by atoms with Gasteiger partial charge in [-0.3, -0.25) is 0 Å². The van der Waals surface area contributed by atoms with Crippen molar-refractivity contribution in [2.24, 2.45) is 5.73 Å². The SMILES string of the molecule is NCc1ccnc2nc(Cl)[nH]c12. The van der Waals surface area contributed by atoms with Crippen molar-refractivity contribution in [3.8, 4) is 0 Å². The molecular weight excluding hydrogens is 176 g/mol. The molecule has 62 valence electrons. The Labute approximate surface area is 73.8 Å². The quantitative estimate of drug-likeness (QED) is 0.693. The minimum atomic E-state index is 0.346. The molecule has 0 aromatic carbocycles. The van der Waals surface area contributed by atoms with Gasteiger partial charge in [-0.05, 0) is 23.2 Å². The third kappa shape index (κ3) is 1.05. The highest BCUT2D eigenvalue weighted by atomic mass is 35.5. The zero-order valence-corrected chi connectivity index (χ0v) is 6.97. The lowest BCUT2D eigenvalue weighted by Gasteiger charge is -1.95. The number of imidazole rings is 1. The van der Waals surface area contributed by atoms with E-state index in [9.17, 15) is 0 Å². The van der Waals surface area contributed by atoms with E-state index in [0.29, 0.717) is 17.5 Å². The van der Waals surface area contributed by atoms with Crippen molar-refractivity contribution in [2.45, 2.75) is 6.54 Å². The van der Waals surface area contributed by atoms with Crippen LogP contribution in [0.4, 0.5) is 0 Å². The summed E-state index contributed by atoms with van der Waals surface area (Å²) in [6.45, 7) is 0.456. The van der Waals surface area contributed by atoms with Gasteiger partial charge in [0.05, 0.1) is 5.52 Å². The molecule has 5 heteroatoms. The number of nitrogens with zero attached hydrogens (tertiary/aromatic N) is 2. The molecule has 0 spiro atoms. The summed E-state index contributed by atoms with van der Waals surface area (Å²) in [4.78, 5) is 10.9. The Morgan fingerprint density at radius 2 is 2.42 bits per heavy atom. The Balaban J connectivity index is 2.78. The standard InChI is InChI=1S/C7H7ClN4/c8-7-11-5-4(3-9)1-2-10-6(5)12-7/h1-2H,3,9H2,(H,10,11,12). The van der Waals surface area contributed by atoms with Gasteiger partial charge in [-0.25, -0.2) is 4.98 Å². The van der Waals surface area contributed by atoms with Crippen LogP contribution in [0, 0.1) is 0 Å². The molecule has 2 heterocycles. The number of nitrogens with one attached hydrogen (secondary N) is 1. The van der Waals surface area contributed by atoms with Gasteiger partial charge in [-0.15, -0.1) is 0 Å². The number of halogens is 1. The number of aromatic nitrogens is 3. The molecule has 2 aromatic rings. The van der Waals surface area contributed by atoms with Gasteiger partial charge in [-0.1, -0.05) is 0 Å². The third-order valence-electron chi connectivity index (χ3n) is 1.67. The van der Waals surface area contributed by atoms with Gasteiger partial charge in [0.1, 0.15) is 0 Å². The van der Waals surface area contributed by atoms with Crippen LogP contribution in [0.25, 0.3) is 11.2 Å². The number of nitrogens with two attached hydrogens (primary N) is 1. The lowest BCUT2D eigenvalue weighted by molar-refractivity contribution is 1.07. The number of rotatable bonds is 1. The highest BCUT2D eigenvalue weighted by Crippen LogP contribution is 2.15. The van der Waals surface area contributed by atoms with Crippen LogP contribution in [-0.4, -0.2) is 15.0 Å². The second-order valence-electron chi connectivity index (χ2n) is 2.40. The molecule has 0 aliphatic heterocycles. The summed E-state index contributed by atoms with van der Waals surface area (Å²) in [5.74, 6) is 0. The van der Waals surface area contributed by atoms with Crippen LogP contribution < -0.4 is 5.73 Å². The molecule has 12 heavy (non-hydrogen) atoms. The number of H-pyrrole nitrogens is 1. The molecule has 0 amide bonds. The van der Waals surface area contributed by atoms with Crippen LogP contribution in [0.15, 0.2) is 12.3 Å². The summed E-state index contributed by atoms with van der Waals surface area (Å²) in [5.41, 5.74) is 7.92. The first-order valence-corrected chi connectivity index (χ1v) is 3.88. The van der Waals surface area contributed by atoms with Crippen LogP contribution in [-0.2, 0) is 6.54 Å². The molecule has 0 bridgehead atoms. The van der Waals surface area contributed by atoms with Crippen molar-refractivity contribution in [1.82, 2.24) is 15.0 Å². The molecule has 0 radical (unpaired) electrons. The van der Waals surface area contributed by atoms with Crippen LogP contribution >= 0.6 is 11.6 Å². The highest BCUT2D eigenvalue weighted by Gasteiger charge is 2.04. The van der Waals surface area contributed by atoms with E-state index in [4.69, 9.17) is 17.3 Å². The molecular formula is C7H7ClN4. The Bertz CT molecular complexity index is 409. The van der Waals surface area contributed by atoms with E-state index in [1.807, 2.05) is 6.07 Å². The molecule has 4 nitrogen and oxygen atoms in total. The second-order valence-corrected chi connectivity index (χ2v) is 2.76. The predicted molar refractivity (Wildman–Crippen MR) is 46.8 cm³/mol. The molecule has 0 aliphatic carbocycles. The Morgan fingerprint density at radius 3 is 3.17 bits per heavy atom. The van der Waals surface area contributed by atoms with Crippen LogP contribution in [0.3, 0.4) is 0 Å². The number of pyridine rings is 1. The zero-order chi connectivity index (χ0) is 8.55. The average molecular weight is 183 g/mol. The van der Waals surface area contributed by atoms with Gasteiger partial charge >= 0.3 is 0 Å². The van der Waals surface area contributed by atoms with Crippen molar-refractivity contribution in [3.05, 3.63) is 23.1 Å². The lowest BCUT2D eigenvalue weighted by atomic mass is 10.2. The molecule has 0 fully saturated rings. The molecule has 3 N–H and O–H groups in total. The Morgan fingerprint density at radius 1 is 1.58 bits per heavy atom. The molecule has 0 saturated heterocycles. The van der Waals surface area contributed by atoms with Gasteiger partial charge < -0.3 is 10.7 Å². The van der Waals surface area contributed by atoms with Gasteiger partial charge in [0.2, 0.25) is 5.28 Å². The summed E-state index contributed by atoms with van der Waals surface area (Å²) in [6.07, 6.45) is 1.67. The monoisotopic (exact) mass is 182 g/mol. The zero-order valence-electron chi connectivity index (χ0n) is 6.21. The molecule has 2 rings (SSSR count). The fourth-order valence-corrected chi connectivity index (χ4v) is 1.28. The first-order valence-electron chi connectivity index (χ1n) is 3.50. The maximum atomic E-state index is 5.66. The normalized spacial score (nSPS) is 10.8. The van der Waals surface area contributed by atoms with Gasteiger partial charge in [0.15, 0.2) is 5.65 Å². The Kier molecular flexibility index (Phi) is 1.71. The fraction of sp³-hybridized carbons (Fsp3) is 0.143. The maximum Gasteiger partial charge on any atom is 0.202 e. The number of aromatic amines is 1. The van der Waals surface area contributed by atoms with Crippen molar-refractivity contribution in [1.29, 1.82) is 0 Å². The van der Waals surface area contributed by atoms with Crippen LogP contribution in [0.1, 0.15) is 5.56 Å². The smallest absolute Gasteiger partial charge is 0.202 e. The van der Waals surface area contributed by atoms with Crippen molar-refractivity contribution < 1.29 is 0 Å². The minimum Gasteiger partial charge on any atom is -0.327 e. The van der Waals surface area contributed by atoms with Gasteiger partial charge in [0.25, 0.3) is 0 Å². The highest BCUT2D eigenvalue weighted by molar-refractivity contribution is 6.29. The summed E-state index contributed by atoms with van der Waals surface area (Å²) in [6, 6.07) is 1.84. The molecule has 0 saturated carbocycles. The van der Waals surface area contributed by atoms with E-state index in [0.717, 1.165) is 11.1 Å². The van der Waals surface area contributed by atoms with Crippen LogP contribution in [0.2, 0.25) is 5.28 Å². The molecule has 2 aromatic heterocycles. The fourth-order valence-electron chi connectivity index (χ4n) is 1.10. The van der Waals surface area contributed by atoms with Gasteiger partial charge in [0, 0.05) is 12.7 Å². The van der Waals surface area contributed by atoms with E-state index in [-0.39, 0.29) is 0 Å². The van der Waals surface area contributed by atoms with Crippen molar-refractivity contribution in [2.75, 3.05) is 0 Å². The first kappa shape index (κ1) is 7.52. The number of hydrogen-bond acceptors (Lipinski definition) is 3. The number of hydrogen-bond donors (Lipinski definition) is 2. The number of fused-ring (bicyclic) bond motifs is 1. The summed E-state index contributed by atoms with van der Waals surface area (Å²) in [5, 5.41) is 0.346. The largest absolute Gasteiger partial charge is 0.327 e.